The van der Waals surface area contributed by atoms with Crippen LogP contribution >= 0.6 is 0 Å². The number of aryl methyl sites for hydroxylation is 1. The molecule has 4 rings (SSSR count). The molecule has 1 amide bonds. The molecule has 5 nitrogen and oxygen atoms in total. The molecule has 3 aliphatic heterocycles. The fourth-order valence-electron chi connectivity index (χ4n) is 5.41. The van der Waals surface area contributed by atoms with E-state index in [1.165, 1.54) is 11.3 Å². The Bertz CT molecular complexity index is 696. The van der Waals surface area contributed by atoms with Crippen molar-refractivity contribution < 1.29 is 9.90 Å². The van der Waals surface area contributed by atoms with Gasteiger partial charge in [-0.1, -0.05) is 24.1 Å². The third kappa shape index (κ3) is 4.06. The molecule has 3 aliphatic rings. The topological polar surface area (TPSA) is 55.8 Å². The van der Waals surface area contributed by atoms with Gasteiger partial charge in [0.05, 0.1) is 11.1 Å². The summed E-state index contributed by atoms with van der Waals surface area (Å²) in [6.07, 6.45) is 6.42. The summed E-state index contributed by atoms with van der Waals surface area (Å²) in [7, 11) is 0. The van der Waals surface area contributed by atoms with Gasteiger partial charge in [0, 0.05) is 44.3 Å². The summed E-state index contributed by atoms with van der Waals surface area (Å²) >= 11 is 0. The highest BCUT2D eigenvalue weighted by Gasteiger charge is 2.47. The molecule has 2 atom stereocenters. The Morgan fingerprint density at radius 1 is 1.11 bits per heavy atom. The molecule has 3 saturated heterocycles. The zero-order chi connectivity index (χ0) is 19.8. The Morgan fingerprint density at radius 3 is 2.54 bits per heavy atom. The first-order chi connectivity index (χ1) is 13.4. The number of hydrogen-bond acceptors (Lipinski definition) is 4. The summed E-state index contributed by atoms with van der Waals surface area (Å²) < 4.78 is 0. The van der Waals surface area contributed by atoms with Gasteiger partial charge in [0.25, 0.3) is 0 Å². The SMILES string of the molecule is Cc1ccc(N2CCC(O)(CN3CC[C@]4(C)NC(=O)CCCC[C@H]34)CC2)cc1. The summed E-state index contributed by atoms with van der Waals surface area (Å²) in [5, 5.41) is 14.6. The molecule has 0 unspecified atom stereocenters. The maximum absolute atomic E-state index is 12.2. The van der Waals surface area contributed by atoms with Crippen molar-refractivity contribution >= 4 is 11.6 Å². The number of carbonyl (C=O) groups is 1. The standard InChI is InChI=1S/C23H35N3O2/c1-18-7-9-19(10-8-18)25-15-12-23(28,13-16-25)17-26-14-11-22(2)20(26)5-3-4-6-21(27)24-22/h7-10,20,28H,3-6,11-17H2,1-2H3,(H,24,27)/t20-,22-/m0/s1. The number of hydrogen-bond donors (Lipinski definition) is 2. The number of likely N-dealkylation sites (tertiary alicyclic amines) is 1. The van der Waals surface area contributed by atoms with E-state index in [1.807, 2.05) is 0 Å². The molecule has 3 heterocycles. The zero-order valence-corrected chi connectivity index (χ0v) is 17.4. The number of nitrogens with zero attached hydrogens (tertiary/aromatic N) is 2. The number of amides is 1. The Morgan fingerprint density at radius 2 is 1.82 bits per heavy atom. The Labute approximate surface area is 169 Å². The number of fused-ring (bicyclic) bond motifs is 1. The molecule has 5 heteroatoms. The van der Waals surface area contributed by atoms with Gasteiger partial charge in [-0.2, -0.15) is 0 Å². The molecule has 0 bridgehead atoms. The van der Waals surface area contributed by atoms with Crippen molar-refractivity contribution in [1.29, 1.82) is 0 Å². The molecule has 0 radical (unpaired) electrons. The fourth-order valence-corrected chi connectivity index (χ4v) is 5.41. The normalized spacial score (nSPS) is 31.0. The summed E-state index contributed by atoms with van der Waals surface area (Å²) in [4.78, 5) is 17.0. The Balaban J connectivity index is 1.39. The number of anilines is 1. The van der Waals surface area contributed by atoms with Crippen LogP contribution in [0, 0.1) is 6.92 Å². The highest BCUT2D eigenvalue weighted by atomic mass is 16.3. The lowest BCUT2D eigenvalue weighted by molar-refractivity contribution is -0.124. The van der Waals surface area contributed by atoms with Crippen LogP contribution in [0.5, 0.6) is 0 Å². The monoisotopic (exact) mass is 385 g/mol. The Hall–Kier alpha value is -1.59. The number of aliphatic hydroxyl groups is 1. The number of benzene rings is 1. The van der Waals surface area contributed by atoms with E-state index in [4.69, 9.17) is 0 Å². The summed E-state index contributed by atoms with van der Waals surface area (Å²) in [6.45, 7) is 7.79. The minimum atomic E-state index is -0.626. The van der Waals surface area contributed by atoms with E-state index in [2.05, 4.69) is 53.2 Å². The van der Waals surface area contributed by atoms with Gasteiger partial charge in [0.15, 0.2) is 0 Å². The van der Waals surface area contributed by atoms with Gasteiger partial charge in [-0.15, -0.1) is 0 Å². The zero-order valence-electron chi connectivity index (χ0n) is 17.4. The van der Waals surface area contributed by atoms with Gasteiger partial charge in [-0.25, -0.2) is 0 Å². The Kier molecular flexibility index (Phi) is 5.41. The molecule has 0 aliphatic carbocycles. The van der Waals surface area contributed by atoms with Gasteiger partial charge in [0.1, 0.15) is 0 Å². The van der Waals surface area contributed by atoms with Crippen molar-refractivity contribution in [3.63, 3.8) is 0 Å². The van der Waals surface area contributed by atoms with E-state index in [0.717, 1.165) is 64.7 Å². The minimum Gasteiger partial charge on any atom is -0.388 e. The van der Waals surface area contributed by atoms with Crippen LogP contribution in [-0.2, 0) is 4.79 Å². The van der Waals surface area contributed by atoms with Gasteiger partial charge < -0.3 is 15.3 Å². The number of carbonyl (C=O) groups excluding carboxylic acids is 1. The number of rotatable bonds is 3. The van der Waals surface area contributed by atoms with Crippen LogP contribution in [0.3, 0.4) is 0 Å². The van der Waals surface area contributed by atoms with Crippen molar-refractivity contribution in [2.45, 2.75) is 76.0 Å². The highest BCUT2D eigenvalue weighted by Crippen LogP contribution is 2.36. The molecule has 28 heavy (non-hydrogen) atoms. The molecule has 2 N–H and O–H groups in total. The molecule has 0 spiro atoms. The van der Waals surface area contributed by atoms with E-state index in [0.29, 0.717) is 12.5 Å². The average molecular weight is 386 g/mol. The maximum atomic E-state index is 12.2. The quantitative estimate of drug-likeness (QED) is 0.840. The van der Waals surface area contributed by atoms with Gasteiger partial charge in [0.2, 0.25) is 5.91 Å². The molecule has 0 aromatic heterocycles. The number of piperidine rings is 1. The second-order valence-corrected chi connectivity index (χ2v) is 9.49. The largest absolute Gasteiger partial charge is 0.388 e. The molecule has 1 aromatic carbocycles. The van der Waals surface area contributed by atoms with E-state index in [9.17, 15) is 9.90 Å². The van der Waals surface area contributed by atoms with Crippen molar-refractivity contribution in [2.24, 2.45) is 0 Å². The smallest absolute Gasteiger partial charge is 0.220 e. The molecule has 0 saturated carbocycles. The van der Waals surface area contributed by atoms with Crippen LogP contribution in [0.25, 0.3) is 0 Å². The first-order valence-electron chi connectivity index (χ1n) is 11.0. The lowest BCUT2D eigenvalue weighted by atomic mass is 9.85. The van der Waals surface area contributed by atoms with Gasteiger partial charge in [-0.3, -0.25) is 9.69 Å². The minimum absolute atomic E-state index is 0.142. The van der Waals surface area contributed by atoms with Crippen molar-refractivity contribution in [3.8, 4) is 0 Å². The summed E-state index contributed by atoms with van der Waals surface area (Å²) in [6, 6.07) is 9.02. The summed E-state index contributed by atoms with van der Waals surface area (Å²) in [5.74, 6) is 0.194. The fraction of sp³-hybridized carbons (Fsp3) is 0.696. The maximum Gasteiger partial charge on any atom is 0.220 e. The lowest BCUT2D eigenvalue weighted by Crippen LogP contribution is -2.58. The third-order valence-corrected chi connectivity index (χ3v) is 7.24. The lowest BCUT2D eigenvalue weighted by Gasteiger charge is -2.44. The van der Waals surface area contributed by atoms with E-state index in [1.54, 1.807) is 0 Å². The van der Waals surface area contributed by atoms with Crippen LogP contribution in [0.2, 0.25) is 0 Å². The molecule has 154 valence electrons. The second kappa shape index (κ2) is 7.68. The van der Waals surface area contributed by atoms with Gasteiger partial charge >= 0.3 is 0 Å². The van der Waals surface area contributed by atoms with Crippen LogP contribution in [-0.4, -0.2) is 59.3 Å². The van der Waals surface area contributed by atoms with E-state index in [-0.39, 0.29) is 11.4 Å². The van der Waals surface area contributed by atoms with E-state index < -0.39 is 5.60 Å². The first kappa shape index (κ1) is 19.7. The van der Waals surface area contributed by atoms with Crippen LogP contribution in [0.1, 0.15) is 57.4 Å². The van der Waals surface area contributed by atoms with Crippen LogP contribution in [0.15, 0.2) is 24.3 Å². The average Bonchev–Trinajstić information content (AvgIpc) is 2.93. The number of nitrogens with one attached hydrogen (secondary N) is 1. The van der Waals surface area contributed by atoms with Crippen LogP contribution in [0.4, 0.5) is 5.69 Å². The number of β-amino-alcohol motifs (C(OH)–C–C–N with tert-alkyl or cyclic N) is 1. The molecule has 1 aromatic rings. The van der Waals surface area contributed by atoms with Crippen molar-refractivity contribution in [2.75, 3.05) is 31.1 Å². The first-order valence-corrected chi connectivity index (χ1v) is 11.0. The third-order valence-electron chi connectivity index (χ3n) is 7.24. The van der Waals surface area contributed by atoms with Gasteiger partial charge in [-0.05, 0) is 58.1 Å². The predicted molar refractivity (Wildman–Crippen MR) is 113 cm³/mol. The summed E-state index contributed by atoms with van der Waals surface area (Å²) in [5.41, 5.74) is 1.76. The van der Waals surface area contributed by atoms with Crippen molar-refractivity contribution in [3.05, 3.63) is 29.8 Å². The second-order valence-electron chi connectivity index (χ2n) is 9.49. The molecule has 3 fully saturated rings. The van der Waals surface area contributed by atoms with E-state index >= 15 is 0 Å². The predicted octanol–water partition coefficient (Wildman–Crippen LogP) is 2.85. The highest BCUT2D eigenvalue weighted by molar-refractivity contribution is 5.77. The van der Waals surface area contributed by atoms with Crippen molar-refractivity contribution in [1.82, 2.24) is 10.2 Å². The van der Waals surface area contributed by atoms with Crippen LogP contribution < -0.4 is 10.2 Å². The molecular weight excluding hydrogens is 350 g/mol. The molecular formula is C23H35N3O2.